The molecule has 0 fully saturated rings. The van der Waals surface area contributed by atoms with Gasteiger partial charge in [-0.2, -0.15) is 0 Å². The molecule has 0 unspecified atom stereocenters. The zero-order valence-electron chi connectivity index (χ0n) is 39.0. The highest BCUT2D eigenvalue weighted by atomic mass is 32.1. The molecule has 12 aromatic carbocycles. The van der Waals surface area contributed by atoms with Crippen LogP contribution in [0.2, 0.25) is 0 Å². The Morgan fingerprint density at radius 1 is 0.347 bits per heavy atom. The third-order valence-electron chi connectivity index (χ3n) is 14.8. The van der Waals surface area contributed by atoms with Crippen LogP contribution in [-0.2, 0) is 0 Å². The van der Waals surface area contributed by atoms with Gasteiger partial charge in [0, 0.05) is 59.0 Å². The Kier molecular flexibility index (Phi) is 9.13. The fraction of sp³-hybridized carbons (Fsp3) is 0. The molecule has 15 aromatic rings. The minimum Gasteiger partial charge on any atom is -0.455 e. The van der Waals surface area contributed by atoms with Crippen LogP contribution in [0.1, 0.15) is 0 Å². The summed E-state index contributed by atoms with van der Waals surface area (Å²) in [6.45, 7) is 0. The predicted octanol–water partition coefficient (Wildman–Crippen LogP) is 19.8. The SMILES string of the molecule is c1cc(-c2ccc(N(c3ccc(-c4cc5ccccc5c5ccccc45)cc3)c3ccc(-c4cccc5sc6ccccc6c45)cc3)c3c2oc2ccccc23)cc(-n2c3ccccc3c3ccccc32)c1. The number of nitrogens with zero attached hydrogens (tertiary/aromatic N) is 2. The van der Waals surface area contributed by atoms with Crippen LogP contribution in [0.15, 0.2) is 259 Å². The second kappa shape index (κ2) is 16.2. The minimum absolute atomic E-state index is 0.852. The quantitative estimate of drug-likeness (QED) is 0.149. The summed E-state index contributed by atoms with van der Waals surface area (Å²) in [5.41, 5.74) is 15.3. The zero-order valence-corrected chi connectivity index (χ0v) is 39.8. The van der Waals surface area contributed by atoms with Gasteiger partial charge in [-0.15, -0.1) is 11.3 Å². The Hall–Kier alpha value is -9.22. The van der Waals surface area contributed by atoms with Gasteiger partial charge in [-0.1, -0.05) is 170 Å². The normalized spacial score (nSPS) is 11.9. The first-order valence-corrected chi connectivity index (χ1v) is 25.4. The summed E-state index contributed by atoms with van der Waals surface area (Å²) in [4.78, 5) is 2.41. The number of rotatable bonds is 7. The number of hydrogen-bond donors (Lipinski definition) is 0. The molecule has 4 heteroatoms. The summed E-state index contributed by atoms with van der Waals surface area (Å²) in [6, 6.07) is 92.9. The predicted molar refractivity (Wildman–Crippen MR) is 307 cm³/mol. The molecule has 336 valence electrons. The van der Waals surface area contributed by atoms with Gasteiger partial charge in [0.1, 0.15) is 11.2 Å². The van der Waals surface area contributed by atoms with Crippen molar-refractivity contribution in [2.24, 2.45) is 0 Å². The van der Waals surface area contributed by atoms with Crippen LogP contribution in [0, 0.1) is 0 Å². The van der Waals surface area contributed by atoms with Crippen LogP contribution < -0.4 is 4.90 Å². The lowest BCUT2D eigenvalue weighted by atomic mass is 9.93. The molecule has 0 amide bonds. The second-order valence-corrected chi connectivity index (χ2v) is 19.8. The van der Waals surface area contributed by atoms with E-state index in [0.717, 1.165) is 55.8 Å². The summed E-state index contributed by atoms with van der Waals surface area (Å²) in [6.07, 6.45) is 0. The molecule has 0 atom stereocenters. The molecular formula is C68H42N2OS. The third kappa shape index (κ3) is 6.29. The van der Waals surface area contributed by atoms with Crippen molar-refractivity contribution in [3.63, 3.8) is 0 Å². The van der Waals surface area contributed by atoms with Crippen LogP contribution in [0.4, 0.5) is 17.1 Å². The van der Waals surface area contributed by atoms with Crippen molar-refractivity contribution in [1.82, 2.24) is 4.57 Å². The molecule has 0 spiro atoms. The number of para-hydroxylation sites is 3. The molecule has 0 bridgehead atoms. The first-order chi connectivity index (χ1) is 35.7. The maximum absolute atomic E-state index is 7.04. The monoisotopic (exact) mass is 934 g/mol. The number of thiophene rings is 1. The molecular weight excluding hydrogens is 893 g/mol. The Morgan fingerprint density at radius 3 is 1.68 bits per heavy atom. The van der Waals surface area contributed by atoms with Crippen molar-refractivity contribution in [2.45, 2.75) is 0 Å². The second-order valence-electron chi connectivity index (χ2n) is 18.8. The molecule has 0 N–H and O–H groups in total. The van der Waals surface area contributed by atoms with Crippen LogP contribution in [0.3, 0.4) is 0 Å². The summed E-state index contributed by atoms with van der Waals surface area (Å²) in [7, 11) is 0. The van der Waals surface area contributed by atoms with E-state index in [0.29, 0.717) is 0 Å². The third-order valence-corrected chi connectivity index (χ3v) is 15.9. The number of fused-ring (bicyclic) bond motifs is 12. The highest BCUT2D eigenvalue weighted by molar-refractivity contribution is 7.25. The smallest absolute Gasteiger partial charge is 0.145 e. The largest absolute Gasteiger partial charge is 0.455 e. The number of anilines is 3. The Labute approximate surface area is 419 Å². The van der Waals surface area contributed by atoms with E-state index in [4.69, 9.17) is 4.42 Å². The molecule has 0 saturated heterocycles. The maximum Gasteiger partial charge on any atom is 0.145 e. The van der Waals surface area contributed by atoms with E-state index in [1.54, 1.807) is 0 Å². The summed E-state index contributed by atoms with van der Waals surface area (Å²) in [5, 5.41) is 12.2. The molecule has 15 rings (SSSR count). The topological polar surface area (TPSA) is 21.3 Å². The van der Waals surface area contributed by atoms with E-state index in [1.807, 2.05) is 11.3 Å². The lowest BCUT2D eigenvalue weighted by Crippen LogP contribution is -2.10. The van der Waals surface area contributed by atoms with Crippen molar-refractivity contribution in [3.05, 3.63) is 255 Å². The van der Waals surface area contributed by atoms with Gasteiger partial charge >= 0.3 is 0 Å². The Bertz CT molecular complexity index is 4580. The number of benzene rings is 12. The summed E-state index contributed by atoms with van der Waals surface area (Å²) >= 11 is 1.86. The first-order valence-electron chi connectivity index (χ1n) is 24.6. The van der Waals surface area contributed by atoms with Crippen molar-refractivity contribution in [1.29, 1.82) is 0 Å². The maximum atomic E-state index is 7.04. The van der Waals surface area contributed by atoms with E-state index in [-0.39, 0.29) is 0 Å². The highest BCUT2D eigenvalue weighted by Gasteiger charge is 2.24. The standard InChI is InChI=1S/C68H42N2OS/c1-2-18-50-46(15-1)42-59(54-20-4-3-19-53(50)54)44-33-37-48(38-34-44)69(47-35-31-43(32-36-47)51-25-14-30-65-66(51)58-24-8-12-29-64(58)72-65)62-40-39-52(68-67(62)57-23-7-11-28-63(57)71-68)45-16-13-17-49(41-45)70-60-26-9-5-21-55(60)56-22-6-10-27-61(56)70/h1-42H. The van der Waals surface area contributed by atoms with Crippen LogP contribution in [0.25, 0.3) is 125 Å². The molecule has 72 heavy (non-hydrogen) atoms. The first kappa shape index (κ1) is 40.6. The lowest BCUT2D eigenvalue weighted by molar-refractivity contribution is 0.670. The minimum atomic E-state index is 0.852. The van der Waals surface area contributed by atoms with Crippen molar-refractivity contribution in [2.75, 3.05) is 4.90 Å². The number of aromatic nitrogens is 1. The van der Waals surface area contributed by atoms with E-state index < -0.39 is 0 Å². The van der Waals surface area contributed by atoms with Crippen LogP contribution in [0.5, 0.6) is 0 Å². The molecule has 0 saturated carbocycles. The van der Waals surface area contributed by atoms with Crippen molar-refractivity contribution < 1.29 is 4.42 Å². The summed E-state index contributed by atoms with van der Waals surface area (Å²) in [5.74, 6) is 0. The van der Waals surface area contributed by atoms with Crippen LogP contribution in [-0.4, -0.2) is 4.57 Å². The molecule has 3 heterocycles. The fourth-order valence-corrected chi connectivity index (χ4v) is 12.7. The van der Waals surface area contributed by atoms with Crippen LogP contribution >= 0.6 is 11.3 Å². The van der Waals surface area contributed by atoms with Gasteiger partial charge in [0.2, 0.25) is 0 Å². The van der Waals surface area contributed by atoms with Gasteiger partial charge in [-0.25, -0.2) is 0 Å². The average Bonchev–Trinajstić information content (AvgIpc) is 4.14. The molecule has 3 aromatic heterocycles. The Balaban J connectivity index is 0.920. The highest BCUT2D eigenvalue weighted by Crippen LogP contribution is 2.48. The molecule has 0 aliphatic rings. The average molecular weight is 935 g/mol. The van der Waals surface area contributed by atoms with E-state index in [9.17, 15) is 0 Å². The molecule has 0 aliphatic carbocycles. The van der Waals surface area contributed by atoms with Gasteiger partial charge in [-0.05, 0) is 134 Å². The summed E-state index contributed by atoms with van der Waals surface area (Å²) < 4.78 is 12.0. The van der Waals surface area contributed by atoms with Gasteiger partial charge in [-0.3, -0.25) is 0 Å². The Morgan fingerprint density at radius 2 is 0.931 bits per heavy atom. The van der Waals surface area contributed by atoms with Gasteiger partial charge in [0.15, 0.2) is 0 Å². The van der Waals surface area contributed by atoms with Crippen molar-refractivity contribution >= 4 is 114 Å². The number of hydrogen-bond acceptors (Lipinski definition) is 3. The van der Waals surface area contributed by atoms with Gasteiger partial charge < -0.3 is 13.9 Å². The molecule has 3 nitrogen and oxygen atoms in total. The van der Waals surface area contributed by atoms with Gasteiger partial charge in [0.25, 0.3) is 0 Å². The fourth-order valence-electron chi connectivity index (χ4n) is 11.6. The van der Waals surface area contributed by atoms with E-state index >= 15 is 0 Å². The number of furan rings is 1. The van der Waals surface area contributed by atoms with E-state index in [1.165, 1.54) is 85.8 Å². The molecule has 0 radical (unpaired) electrons. The van der Waals surface area contributed by atoms with Gasteiger partial charge in [0.05, 0.1) is 22.1 Å². The lowest BCUT2D eigenvalue weighted by Gasteiger charge is -2.27. The zero-order chi connectivity index (χ0) is 47.3. The molecule has 0 aliphatic heterocycles. The van der Waals surface area contributed by atoms with Crippen molar-refractivity contribution in [3.8, 4) is 39.1 Å². The van der Waals surface area contributed by atoms with E-state index in [2.05, 4.69) is 264 Å².